The van der Waals surface area contributed by atoms with Crippen molar-refractivity contribution in [2.45, 2.75) is 73.9 Å². The van der Waals surface area contributed by atoms with Crippen molar-refractivity contribution in [3.8, 4) is 22.8 Å². The Labute approximate surface area is 245 Å². The molecule has 2 heterocycles. The second-order valence-electron chi connectivity index (χ2n) is 9.55. The number of hydrogen-bond donors (Lipinski definition) is 1. The lowest BCUT2D eigenvalue weighted by molar-refractivity contribution is -0.131. The highest BCUT2D eigenvalue weighted by Gasteiger charge is 2.26. The standard InChI is InChI=1S/C25H21F4N3O2.C4H8.2C2H6/c1-15-10-17(6-7-21(15)16(2)33)23-13-31-24-22(30-9-8-25(27,28)29)12-20(14-32(23)24)34-19-5-3-4-18(26)11-19;1-4-2-3-4;2*1-2/h3-7,10-14,30H,8-9H2,1-2H3;4H,2-3H2,1H3;2*1-2H3. The number of fused-ring (bicyclic) bond motifs is 1. The van der Waals surface area contributed by atoms with Gasteiger partial charge in [-0.25, -0.2) is 9.37 Å². The van der Waals surface area contributed by atoms with Crippen molar-refractivity contribution in [3.63, 3.8) is 0 Å². The predicted octanol–water partition coefficient (Wildman–Crippen LogP) is 10.3. The Morgan fingerprint density at radius 1 is 1.05 bits per heavy atom. The molecule has 1 N–H and O–H groups in total. The fraction of sp³-hybridized carbons (Fsp3) is 0.394. The first-order chi connectivity index (χ1) is 20.0. The summed E-state index contributed by atoms with van der Waals surface area (Å²) in [5.41, 5.74) is 3.53. The van der Waals surface area contributed by atoms with Crippen LogP contribution in [0.5, 0.6) is 11.5 Å². The van der Waals surface area contributed by atoms with E-state index in [9.17, 15) is 22.4 Å². The van der Waals surface area contributed by atoms with Crippen LogP contribution in [0.1, 0.15) is 76.7 Å². The molecule has 0 atom stereocenters. The largest absolute Gasteiger partial charge is 0.456 e. The van der Waals surface area contributed by atoms with Gasteiger partial charge in [0.1, 0.15) is 17.3 Å². The maximum Gasteiger partial charge on any atom is 0.390 e. The lowest BCUT2D eigenvalue weighted by Crippen LogP contribution is -2.15. The molecule has 42 heavy (non-hydrogen) atoms. The van der Waals surface area contributed by atoms with Gasteiger partial charge >= 0.3 is 6.18 Å². The molecular formula is C33H41F4N3O2. The fourth-order valence-electron chi connectivity index (χ4n) is 3.85. The number of carbonyl (C=O) groups is 1. The molecule has 0 amide bonds. The molecule has 0 spiro atoms. The number of halogens is 4. The molecule has 1 fully saturated rings. The van der Waals surface area contributed by atoms with Crippen molar-refractivity contribution in [1.29, 1.82) is 0 Å². The number of rotatable bonds is 7. The van der Waals surface area contributed by atoms with Gasteiger partial charge in [-0.3, -0.25) is 9.20 Å². The van der Waals surface area contributed by atoms with E-state index >= 15 is 0 Å². The van der Waals surface area contributed by atoms with E-state index < -0.39 is 18.4 Å². The molecule has 1 saturated carbocycles. The molecule has 0 saturated heterocycles. The zero-order valence-electron chi connectivity index (χ0n) is 25.4. The normalized spacial score (nSPS) is 12.2. The number of hydrogen-bond acceptors (Lipinski definition) is 4. The van der Waals surface area contributed by atoms with Gasteiger partial charge in [-0.2, -0.15) is 13.2 Å². The summed E-state index contributed by atoms with van der Waals surface area (Å²) >= 11 is 0. The Hall–Kier alpha value is -3.88. The molecule has 9 heteroatoms. The number of Topliss-reactive ketones (excluding diaryl/α,β-unsaturated/α-hetero) is 1. The summed E-state index contributed by atoms with van der Waals surface area (Å²) in [5.74, 6) is 1.07. The number of anilines is 1. The highest BCUT2D eigenvalue weighted by atomic mass is 19.4. The smallest absolute Gasteiger partial charge is 0.390 e. The highest BCUT2D eigenvalue weighted by molar-refractivity contribution is 5.96. The molecular weight excluding hydrogens is 546 g/mol. The highest BCUT2D eigenvalue weighted by Crippen LogP contribution is 2.32. The Balaban J connectivity index is 0.000000685. The van der Waals surface area contributed by atoms with Gasteiger partial charge in [0.25, 0.3) is 0 Å². The Morgan fingerprint density at radius 3 is 2.26 bits per heavy atom. The van der Waals surface area contributed by atoms with Gasteiger partial charge in [0.15, 0.2) is 11.4 Å². The molecule has 2 aromatic heterocycles. The SMILES string of the molecule is CC.CC.CC(=O)c1ccc(-c2cnc3c(NCCC(F)(F)F)cc(Oc4cccc(F)c4)cn23)cc1C.CC1CC1. The van der Waals surface area contributed by atoms with E-state index in [0.717, 1.165) is 17.0 Å². The molecule has 5 nitrogen and oxygen atoms in total. The number of ether oxygens (including phenoxy) is 1. The molecule has 0 unspecified atom stereocenters. The Morgan fingerprint density at radius 2 is 1.71 bits per heavy atom. The molecule has 0 radical (unpaired) electrons. The van der Waals surface area contributed by atoms with Crippen LogP contribution in [0.3, 0.4) is 0 Å². The number of aryl methyl sites for hydroxylation is 1. The van der Waals surface area contributed by atoms with Crippen LogP contribution in [0.15, 0.2) is 60.9 Å². The van der Waals surface area contributed by atoms with E-state index in [1.165, 1.54) is 44.0 Å². The van der Waals surface area contributed by atoms with E-state index in [1.807, 2.05) is 40.7 Å². The van der Waals surface area contributed by atoms with Crippen molar-refractivity contribution < 1.29 is 27.1 Å². The summed E-state index contributed by atoms with van der Waals surface area (Å²) in [4.78, 5) is 16.2. The number of carbonyl (C=O) groups excluding carboxylic acids is 1. The average molecular weight is 588 g/mol. The summed E-state index contributed by atoms with van der Waals surface area (Å²) in [7, 11) is 0. The van der Waals surface area contributed by atoms with Crippen LogP contribution in [0.25, 0.3) is 16.9 Å². The van der Waals surface area contributed by atoms with Crippen LogP contribution >= 0.6 is 0 Å². The van der Waals surface area contributed by atoms with Gasteiger partial charge < -0.3 is 10.1 Å². The first kappa shape index (κ1) is 34.3. The van der Waals surface area contributed by atoms with Crippen molar-refractivity contribution in [2.24, 2.45) is 5.92 Å². The van der Waals surface area contributed by atoms with Gasteiger partial charge in [-0.05, 0) is 43.5 Å². The van der Waals surface area contributed by atoms with E-state index in [1.54, 1.807) is 35.0 Å². The first-order valence-electron chi connectivity index (χ1n) is 14.4. The van der Waals surface area contributed by atoms with Gasteiger partial charge in [0.05, 0.1) is 30.2 Å². The Bertz CT molecular complexity index is 1440. The molecule has 0 bridgehead atoms. The monoisotopic (exact) mass is 587 g/mol. The molecule has 4 aromatic rings. The summed E-state index contributed by atoms with van der Waals surface area (Å²) < 4.78 is 59.1. The van der Waals surface area contributed by atoms with Gasteiger partial charge in [0, 0.05) is 29.8 Å². The van der Waals surface area contributed by atoms with Gasteiger partial charge in [-0.1, -0.05) is 65.7 Å². The van der Waals surface area contributed by atoms with E-state index in [0.29, 0.717) is 22.6 Å². The van der Waals surface area contributed by atoms with Crippen molar-refractivity contribution in [1.82, 2.24) is 9.38 Å². The number of ketones is 1. The zero-order valence-corrected chi connectivity index (χ0v) is 25.4. The molecule has 228 valence electrons. The van der Waals surface area contributed by atoms with Crippen molar-refractivity contribution in [3.05, 3.63) is 77.9 Å². The number of benzene rings is 2. The summed E-state index contributed by atoms with van der Waals surface area (Å²) in [6.07, 6.45) is 0.868. The lowest BCUT2D eigenvalue weighted by Gasteiger charge is -2.14. The third kappa shape index (κ3) is 10.2. The van der Waals surface area contributed by atoms with Crippen LogP contribution in [0, 0.1) is 18.7 Å². The van der Waals surface area contributed by atoms with E-state index in [-0.39, 0.29) is 23.8 Å². The second kappa shape index (κ2) is 15.9. The van der Waals surface area contributed by atoms with Crippen LogP contribution in [-0.4, -0.2) is 27.9 Å². The van der Waals surface area contributed by atoms with Crippen LogP contribution in [0.4, 0.5) is 23.2 Å². The average Bonchev–Trinajstić information content (AvgIpc) is 3.61. The number of pyridine rings is 1. The lowest BCUT2D eigenvalue weighted by atomic mass is 10.0. The van der Waals surface area contributed by atoms with Crippen molar-refractivity contribution in [2.75, 3.05) is 11.9 Å². The van der Waals surface area contributed by atoms with Crippen LogP contribution in [-0.2, 0) is 0 Å². The zero-order chi connectivity index (χ0) is 31.4. The van der Waals surface area contributed by atoms with Crippen molar-refractivity contribution >= 4 is 17.1 Å². The van der Waals surface area contributed by atoms with E-state index in [2.05, 4.69) is 17.2 Å². The maximum atomic E-state index is 13.6. The molecule has 0 aliphatic heterocycles. The molecule has 5 rings (SSSR count). The minimum atomic E-state index is -4.31. The summed E-state index contributed by atoms with van der Waals surface area (Å²) in [6.45, 7) is 13.2. The van der Waals surface area contributed by atoms with Gasteiger partial charge in [0.2, 0.25) is 0 Å². The predicted molar refractivity (Wildman–Crippen MR) is 162 cm³/mol. The minimum Gasteiger partial charge on any atom is -0.456 e. The molecule has 1 aliphatic carbocycles. The topological polar surface area (TPSA) is 55.6 Å². The van der Waals surface area contributed by atoms with Crippen LogP contribution < -0.4 is 10.1 Å². The minimum absolute atomic E-state index is 0.0517. The maximum absolute atomic E-state index is 13.6. The fourth-order valence-corrected chi connectivity index (χ4v) is 3.85. The quantitative estimate of drug-likeness (QED) is 0.173. The number of alkyl halides is 3. The number of nitrogens with one attached hydrogen (secondary N) is 1. The third-order valence-corrected chi connectivity index (χ3v) is 6.10. The third-order valence-electron chi connectivity index (χ3n) is 6.10. The summed E-state index contributed by atoms with van der Waals surface area (Å²) in [6, 6.07) is 12.4. The van der Waals surface area contributed by atoms with Crippen LogP contribution in [0.2, 0.25) is 0 Å². The Kier molecular flexibility index (Phi) is 13.0. The second-order valence-corrected chi connectivity index (χ2v) is 9.55. The molecule has 1 aliphatic rings. The van der Waals surface area contributed by atoms with E-state index in [4.69, 9.17) is 4.74 Å². The number of nitrogens with zero attached hydrogens (tertiary/aromatic N) is 2. The molecule has 2 aromatic carbocycles. The first-order valence-corrected chi connectivity index (χ1v) is 14.4. The number of aromatic nitrogens is 2. The summed E-state index contributed by atoms with van der Waals surface area (Å²) in [5, 5.41) is 2.78. The number of imidazole rings is 1. The van der Waals surface area contributed by atoms with Gasteiger partial charge in [-0.15, -0.1) is 0 Å².